The van der Waals surface area contributed by atoms with Crippen molar-refractivity contribution in [3.63, 3.8) is 0 Å². The van der Waals surface area contributed by atoms with Gasteiger partial charge in [0.2, 0.25) is 11.8 Å². The van der Waals surface area contributed by atoms with E-state index in [9.17, 15) is 9.59 Å². The van der Waals surface area contributed by atoms with E-state index in [2.05, 4.69) is 5.32 Å². The summed E-state index contributed by atoms with van der Waals surface area (Å²) in [5.74, 6) is 0.199. The van der Waals surface area contributed by atoms with Crippen LogP contribution in [0.1, 0.15) is 19.3 Å². The SMILES string of the molecule is CNCCC(=O)N1CCN(C2CC2)C(=O)C1.Cl. The van der Waals surface area contributed by atoms with E-state index in [-0.39, 0.29) is 30.8 Å². The van der Waals surface area contributed by atoms with Crippen molar-refractivity contribution in [2.75, 3.05) is 33.2 Å². The first-order chi connectivity index (χ1) is 7.72. The molecule has 0 atom stereocenters. The van der Waals surface area contributed by atoms with E-state index in [1.807, 2.05) is 11.9 Å². The van der Waals surface area contributed by atoms with Gasteiger partial charge in [-0.25, -0.2) is 0 Å². The van der Waals surface area contributed by atoms with Crippen LogP contribution >= 0.6 is 12.4 Å². The molecule has 1 heterocycles. The van der Waals surface area contributed by atoms with Gasteiger partial charge in [0.25, 0.3) is 0 Å². The monoisotopic (exact) mass is 261 g/mol. The van der Waals surface area contributed by atoms with Gasteiger partial charge < -0.3 is 15.1 Å². The number of carbonyl (C=O) groups is 2. The predicted octanol–water partition coefficient (Wildman–Crippen LogP) is -0.149. The standard InChI is InChI=1S/C11H19N3O2.ClH/c1-12-5-4-10(15)13-6-7-14(9-2-3-9)11(16)8-13;/h9,12H,2-8H2,1H3;1H. The summed E-state index contributed by atoms with van der Waals surface area (Å²) in [6.45, 7) is 2.37. The van der Waals surface area contributed by atoms with E-state index in [0.717, 1.165) is 19.4 Å². The Morgan fingerprint density at radius 3 is 2.65 bits per heavy atom. The van der Waals surface area contributed by atoms with Crippen molar-refractivity contribution in [1.82, 2.24) is 15.1 Å². The molecule has 1 saturated carbocycles. The van der Waals surface area contributed by atoms with E-state index < -0.39 is 0 Å². The molecular weight excluding hydrogens is 242 g/mol. The third-order valence-electron chi connectivity index (χ3n) is 3.19. The quantitative estimate of drug-likeness (QED) is 0.766. The molecule has 1 aliphatic heterocycles. The van der Waals surface area contributed by atoms with Crippen LogP contribution in [0.3, 0.4) is 0 Å². The smallest absolute Gasteiger partial charge is 0.242 e. The van der Waals surface area contributed by atoms with E-state index >= 15 is 0 Å². The van der Waals surface area contributed by atoms with E-state index in [0.29, 0.717) is 25.6 Å². The first kappa shape index (κ1) is 14.3. The van der Waals surface area contributed by atoms with Gasteiger partial charge in [-0.2, -0.15) is 0 Å². The second-order valence-electron chi connectivity index (χ2n) is 4.49. The minimum atomic E-state index is 0. The second-order valence-corrected chi connectivity index (χ2v) is 4.49. The molecule has 0 unspecified atom stereocenters. The summed E-state index contributed by atoms with van der Waals surface area (Å²) in [6, 6.07) is 0.474. The number of piperazine rings is 1. The molecular formula is C11H20ClN3O2. The number of carbonyl (C=O) groups excluding carboxylic acids is 2. The first-order valence-corrected chi connectivity index (χ1v) is 5.94. The average Bonchev–Trinajstić information content (AvgIpc) is 3.09. The van der Waals surface area contributed by atoms with Crippen molar-refractivity contribution in [1.29, 1.82) is 0 Å². The highest BCUT2D eigenvalue weighted by Crippen LogP contribution is 2.28. The zero-order valence-electron chi connectivity index (χ0n) is 10.1. The highest BCUT2D eigenvalue weighted by Gasteiger charge is 2.36. The Morgan fingerprint density at radius 2 is 2.12 bits per heavy atom. The van der Waals surface area contributed by atoms with Crippen LogP contribution in [0.15, 0.2) is 0 Å². The molecule has 98 valence electrons. The molecule has 5 nitrogen and oxygen atoms in total. The van der Waals surface area contributed by atoms with Gasteiger partial charge in [0.05, 0.1) is 6.54 Å². The molecule has 2 amide bonds. The van der Waals surface area contributed by atoms with Gasteiger partial charge in [-0.15, -0.1) is 12.4 Å². The van der Waals surface area contributed by atoms with E-state index in [1.165, 1.54) is 0 Å². The molecule has 0 radical (unpaired) electrons. The fourth-order valence-electron chi connectivity index (χ4n) is 2.06. The maximum absolute atomic E-state index is 11.8. The minimum Gasteiger partial charge on any atom is -0.336 e. The predicted molar refractivity (Wildman–Crippen MR) is 67.1 cm³/mol. The zero-order chi connectivity index (χ0) is 11.5. The van der Waals surface area contributed by atoms with Crippen molar-refractivity contribution < 1.29 is 9.59 Å². The molecule has 1 aliphatic carbocycles. The minimum absolute atomic E-state index is 0. The lowest BCUT2D eigenvalue weighted by atomic mass is 10.2. The van der Waals surface area contributed by atoms with Crippen LogP contribution in [0, 0.1) is 0 Å². The molecule has 1 N–H and O–H groups in total. The number of hydrogen-bond acceptors (Lipinski definition) is 3. The summed E-state index contributed by atoms with van der Waals surface area (Å²) in [5.41, 5.74) is 0. The number of nitrogens with zero attached hydrogens (tertiary/aromatic N) is 2. The van der Waals surface area contributed by atoms with E-state index in [4.69, 9.17) is 0 Å². The summed E-state index contributed by atoms with van der Waals surface area (Å²) in [4.78, 5) is 27.1. The summed E-state index contributed by atoms with van der Waals surface area (Å²) < 4.78 is 0. The number of nitrogens with one attached hydrogen (secondary N) is 1. The number of halogens is 1. The van der Waals surface area contributed by atoms with Crippen LogP contribution in [0.5, 0.6) is 0 Å². The van der Waals surface area contributed by atoms with Crippen LogP contribution in [0.2, 0.25) is 0 Å². The maximum Gasteiger partial charge on any atom is 0.242 e. The number of amides is 2. The first-order valence-electron chi connectivity index (χ1n) is 5.94. The number of rotatable bonds is 4. The van der Waals surface area contributed by atoms with Crippen molar-refractivity contribution >= 4 is 24.2 Å². The number of hydrogen-bond donors (Lipinski definition) is 1. The Morgan fingerprint density at radius 1 is 1.41 bits per heavy atom. The Labute approximate surface area is 108 Å². The maximum atomic E-state index is 11.8. The summed E-state index contributed by atoms with van der Waals surface area (Å²) in [5, 5.41) is 2.94. The van der Waals surface area contributed by atoms with Gasteiger partial charge in [-0.05, 0) is 19.9 Å². The third-order valence-corrected chi connectivity index (χ3v) is 3.19. The van der Waals surface area contributed by atoms with Crippen molar-refractivity contribution in [3.8, 4) is 0 Å². The zero-order valence-corrected chi connectivity index (χ0v) is 11.0. The fourth-order valence-corrected chi connectivity index (χ4v) is 2.06. The van der Waals surface area contributed by atoms with Crippen molar-refractivity contribution in [2.24, 2.45) is 0 Å². The van der Waals surface area contributed by atoms with Gasteiger partial charge in [0.1, 0.15) is 0 Å². The Kier molecular flexibility index (Phi) is 5.21. The normalized spacial score (nSPS) is 20.2. The largest absolute Gasteiger partial charge is 0.336 e. The van der Waals surface area contributed by atoms with Crippen LogP contribution in [0.25, 0.3) is 0 Å². The summed E-state index contributed by atoms with van der Waals surface area (Å²) in [7, 11) is 1.82. The molecule has 0 aromatic rings. The fraction of sp³-hybridized carbons (Fsp3) is 0.818. The second kappa shape index (κ2) is 6.21. The topological polar surface area (TPSA) is 52.7 Å². The van der Waals surface area contributed by atoms with Crippen LogP contribution in [-0.2, 0) is 9.59 Å². The molecule has 0 bridgehead atoms. The Bertz CT molecular complexity index is 294. The lowest BCUT2D eigenvalue weighted by Crippen LogP contribution is -2.53. The molecule has 0 aromatic carbocycles. The van der Waals surface area contributed by atoms with Crippen molar-refractivity contribution in [3.05, 3.63) is 0 Å². The molecule has 6 heteroatoms. The van der Waals surface area contributed by atoms with Crippen LogP contribution < -0.4 is 5.32 Å². The molecule has 2 fully saturated rings. The molecule has 2 aliphatic rings. The summed E-state index contributed by atoms with van der Waals surface area (Å²) in [6.07, 6.45) is 2.76. The van der Waals surface area contributed by atoms with Gasteiger partial charge in [-0.1, -0.05) is 0 Å². The third kappa shape index (κ3) is 3.57. The highest BCUT2D eigenvalue weighted by atomic mass is 35.5. The Balaban J connectivity index is 0.00000144. The van der Waals surface area contributed by atoms with Gasteiger partial charge in [-0.3, -0.25) is 9.59 Å². The lowest BCUT2D eigenvalue weighted by Gasteiger charge is -2.34. The lowest BCUT2D eigenvalue weighted by molar-refractivity contribution is -0.145. The van der Waals surface area contributed by atoms with Gasteiger partial charge in [0.15, 0.2) is 0 Å². The van der Waals surface area contributed by atoms with Crippen LogP contribution in [0.4, 0.5) is 0 Å². The van der Waals surface area contributed by atoms with Crippen molar-refractivity contribution in [2.45, 2.75) is 25.3 Å². The molecule has 2 rings (SSSR count). The van der Waals surface area contributed by atoms with Crippen LogP contribution in [-0.4, -0.2) is 60.9 Å². The molecule has 17 heavy (non-hydrogen) atoms. The van der Waals surface area contributed by atoms with Gasteiger partial charge in [0, 0.05) is 32.1 Å². The van der Waals surface area contributed by atoms with E-state index in [1.54, 1.807) is 4.90 Å². The Hall–Kier alpha value is -0.810. The molecule has 1 saturated heterocycles. The molecule has 0 aromatic heterocycles. The summed E-state index contributed by atoms with van der Waals surface area (Å²) >= 11 is 0. The highest BCUT2D eigenvalue weighted by molar-refractivity contribution is 5.86. The average molecular weight is 262 g/mol. The molecule has 0 spiro atoms. The van der Waals surface area contributed by atoms with Gasteiger partial charge >= 0.3 is 0 Å².